The molecule has 5 heteroatoms. The first kappa shape index (κ1) is 14.8. The Labute approximate surface area is 120 Å². The van der Waals surface area contributed by atoms with Crippen molar-refractivity contribution >= 4 is 11.8 Å². The lowest BCUT2D eigenvalue weighted by Gasteiger charge is -2.39. The van der Waals surface area contributed by atoms with Gasteiger partial charge in [0.15, 0.2) is 5.69 Å². The Kier molecular flexibility index (Phi) is 4.26. The van der Waals surface area contributed by atoms with Gasteiger partial charge in [0, 0.05) is 13.1 Å². The molecule has 0 saturated carbocycles. The van der Waals surface area contributed by atoms with E-state index in [-0.39, 0.29) is 5.69 Å². The molecular weight excluding hydrogens is 254 g/mol. The predicted molar refractivity (Wildman–Crippen MR) is 77.8 cm³/mol. The van der Waals surface area contributed by atoms with Gasteiger partial charge in [-0.05, 0) is 24.2 Å². The van der Waals surface area contributed by atoms with Gasteiger partial charge in [-0.1, -0.05) is 20.8 Å². The highest BCUT2D eigenvalue weighted by Crippen LogP contribution is 2.35. The van der Waals surface area contributed by atoms with Gasteiger partial charge >= 0.3 is 5.97 Å². The van der Waals surface area contributed by atoms with E-state index in [1.165, 1.54) is 13.3 Å². The molecule has 1 saturated heterocycles. The third-order valence-corrected chi connectivity index (χ3v) is 4.06. The molecule has 110 valence electrons. The minimum atomic E-state index is -0.441. The summed E-state index contributed by atoms with van der Waals surface area (Å²) >= 11 is 0. The molecule has 0 amide bonds. The van der Waals surface area contributed by atoms with Crippen LogP contribution < -0.4 is 4.90 Å². The number of anilines is 1. The number of ether oxygens (including phenoxy) is 1. The second-order valence-electron chi connectivity index (χ2n) is 6.38. The van der Waals surface area contributed by atoms with E-state index in [4.69, 9.17) is 0 Å². The van der Waals surface area contributed by atoms with Crippen LogP contribution in [0.2, 0.25) is 0 Å². The van der Waals surface area contributed by atoms with E-state index in [1.807, 2.05) is 0 Å². The van der Waals surface area contributed by atoms with Gasteiger partial charge in [-0.25, -0.2) is 9.78 Å². The molecule has 0 bridgehead atoms. The first-order chi connectivity index (χ1) is 9.41. The lowest BCUT2D eigenvalue weighted by Crippen LogP contribution is -2.38. The van der Waals surface area contributed by atoms with Crippen molar-refractivity contribution in [1.82, 2.24) is 9.97 Å². The zero-order valence-electron chi connectivity index (χ0n) is 12.7. The lowest BCUT2D eigenvalue weighted by molar-refractivity contribution is 0.0593. The summed E-state index contributed by atoms with van der Waals surface area (Å²) in [4.78, 5) is 22.1. The fraction of sp³-hybridized carbons (Fsp3) is 0.667. The molecule has 1 aromatic heterocycles. The van der Waals surface area contributed by atoms with E-state index < -0.39 is 5.97 Å². The summed E-state index contributed by atoms with van der Waals surface area (Å²) in [6.07, 6.45) is 5.45. The second-order valence-corrected chi connectivity index (χ2v) is 6.38. The number of carbonyl (C=O) groups is 1. The highest BCUT2D eigenvalue weighted by Gasteiger charge is 2.29. The van der Waals surface area contributed by atoms with Crippen molar-refractivity contribution in [3.63, 3.8) is 0 Å². The monoisotopic (exact) mass is 277 g/mol. The quantitative estimate of drug-likeness (QED) is 0.777. The number of esters is 1. The standard InChI is InChI=1S/C15H23N3O2/c1-15(2,3)11-5-7-18(8-6-11)13-10-16-9-12(17-13)14(19)20-4/h9-11H,5-8H2,1-4H3. The van der Waals surface area contributed by atoms with Crippen LogP contribution in [-0.4, -0.2) is 36.1 Å². The third kappa shape index (κ3) is 3.26. The number of hydrogen-bond donors (Lipinski definition) is 0. The van der Waals surface area contributed by atoms with Crippen LogP contribution in [0.4, 0.5) is 5.82 Å². The highest BCUT2D eigenvalue weighted by atomic mass is 16.5. The Bertz CT molecular complexity index is 474. The summed E-state index contributed by atoms with van der Waals surface area (Å²) in [5.74, 6) is 1.06. The van der Waals surface area contributed by atoms with Crippen LogP contribution in [0.25, 0.3) is 0 Å². The number of nitrogens with zero attached hydrogens (tertiary/aromatic N) is 3. The fourth-order valence-electron chi connectivity index (χ4n) is 2.69. The number of carbonyl (C=O) groups excluding carboxylic acids is 1. The van der Waals surface area contributed by atoms with Crippen LogP contribution in [-0.2, 0) is 4.74 Å². The van der Waals surface area contributed by atoms with Gasteiger partial charge in [0.25, 0.3) is 0 Å². The molecule has 5 nitrogen and oxygen atoms in total. The molecule has 0 aromatic carbocycles. The summed E-state index contributed by atoms with van der Waals surface area (Å²) < 4.78 is 4.68. The summed E-state index contributed by atoms with van der Waals surface area (Å²) in [5.41, 5.74) is 0.619. The van der Waals surface area contributed by atoms with Crippen molar-refractivity contribution in [2.45, 2.75) is 33.6 Å². The molecule has 0 N–H and O–H groups in total. The summed E-state index contributed by atoms with van der Waals surface area (Å²) in [6.45, 7) is 8.81. The average molecular weight is 277 g/mol. The van der Waals surface area contributed by atoms with E-state index in [1.54, 1.807) is 6.20 Å². The predicted octanol–water partition coefficient (Wildman–Crippen LogP) is 2.53. The second kappa shape index (κ2) is 5.77. The van der Waals surface area contributed by atoms with Gasteiger partial charge in [-0.15, -0.1) is 0 Å². The molecule has 0 radical (unpaired) electrons. The van der Waals surface area contributed by atoms with Gasteiger partial charge in [-0.2, -0.15) is 0 Å². The van der Waals surface area contributed by atoms with Crippen LogP contribution in [0, 0.1) is 11.3 Å². The largest absolute Gasteiger partial charge is 0.464 e. The maximum absolute atomic E-state index is 11.5. The van der Waals surface area contributed by atoms with Gasteiger partial charge < -0.3 is 9.64 Å². The molecule has 0 aliphatic carbocycles. The maximum Gasteiger partial charge on any atom is 0.358 e. The lowest BCUT2D eigenvalue weighted by atomic mass is 9.75. The zero-order valence-corrected chi connectivity index (χ0v) is 12.7. The van der Waals surface area contributed by atoms with Crippen LogP contribution in [0.3, 0.4) is 0 Å². The summed E-state index contributed by atoms with van der Waals surface area (Å²) in [6, 6.07) is 0. The van der Waals surface area contributed by atoms with Crippen molar-refractivity contribution in [2.75, 3.05) is 25.1 Å². The Balaban J connectivity index is 2.05. The molecule has 1 fully saturated rings. The number of hydrogen-bond acceptors (Lipinski definition) is 5. The van der Waals surface area contributed by atoms with Crippen molar-refractivity contribution in [3.05, 3.63) is 18.1 Å². The molecular formula is C15H23N3O2. The normalized spacial score (nSPS) is 17.1. The molecule has 0 spiro atoms. The van der Waals surface area contributed by atoms with Crippen LogP contribution in [0.5, 0.6) is 0 Å². The first-order valence-corrected chi connectivity index (χ1v) is 7.07. The Morgan fingerprint density at radius 1 is 1.30 bits per heavy atom. The molecule has 0 atom stereocenters. The average Bonchev–Trinajstić information content (AvgIpc) is 2.46. The van der Waals surface area contributed by atoms with Crippen molar-refractivity contribution < 1.29 is 9.53 Å². The fourth-order valence-corrected chi connectivity index (χ4v) is 2.69. The SMILES string of the molecule is COC(=O)c1cncc(N2CCC(C(C)(C)C)CC2)n1. The van der Waals surface area contributed by atoms with E-state index >= 15 is 0 Å². The first-order valence-electron chi connectivity index (χ1n) is 7.07. The molecule has 0 unspecified atom stereocenters. The van der Waals surface area contributed by atoms with Gasteiger partial charge in [0.1, 0.15) is 5.82 Å². The minimum absolute atomic E-state index is 0.267. The van der Waals surface area contributed by atoms with Crippen molar-refractivity contribution in [2.24, 2.45) is 11.3 Å². The Morgan fingerprint density at radius 3 is 2.50 bits per heavy atom. The molecule has 2 rings (SSSR count). The number of aromatic nitrogens is 2. The summed E-state index contributed by atoms with van der Waals surface area (Å²) in [7, 11) is 1.35. The molecule has 1 aliphatic rings. The summed E-state index contributed by atoms with van der Waals surface area (Å²) in [5, 5.41) is 0. The minimum Gasteiger partial charge on any atom is -0.464 e. The number of rotatable bonds is 2. The highest BCUT2D eigenvalue weighted by molar-refractivity contribution is 5.87. The van der Waals surface area contributed by atoms with Gasteiger partial charge in [-0.3, -0.25) is 4.98 Å². The molecule has 1 aromatic rings. The Morgan fingerprint density at radius 2 is 1.95 bits per heavy atom. The Hall–Kier alpha value is -1.65. The third-order valence-electron chi connectivity index (χ3n) is 4.06. The smallest absolute Gasteiger partial charge is 0.358 e. The van der Waals surface area contributed by atoms with Gasteiger partial charge in [0.2, 0.25) is 0 Å². The van der Waals surface area contributed by atoms with Crippen LogP contribution in [0.1, 0.15) is 44.1 Å². The van der Waals surface area contributed by atoms with Crippen LogP contribution in [0.15, 0.2) is 12.4 Å². The van der Waals surface area contributed by atoms with E-state index in [2.05, 4.69) is 40.4 Å². The van der Waals surface area contributed by atoms with E-state index in [9.17, 15) is 4.79 Å². The molecule has 2 heterocycles. The van der Waals surface area contributed by atoms with Crippen LogP contribution >= 0.6 is 0 Å². The maximum atomic E-state index is 11.5. The van der Waals surface area contributed by atoms with E-state index in [0.29, 0.717) is 5.41 Å². The molecule has 20 heavy (non-hydrogen) atoms. The van der Waals surface area contributed by atoms with Crippen molar-refractivity contribution in [3.8, 4) is 0 Å². The zero-order chi connectivity index (χ0) is 14.8. The van der Waals surface area contributed by atoms with E-state index in [0.717, 1.165) is 37.7 Å². The van der Waals surface area contributed by atoms with Gasteiger partial charge in [0.05, 0.1) is 19.5 Å². The topological polar surface area (TPSA) is 55.3 Å². The van der Waals surface area contributed by atoms with Crippen molar-refractivity contribution in [1.29, 1.82) is 0 Å². The number of methoxy groups -OCH3 is 1. The molecule has 1 aliphatic heterocycles. The number of piperidine rings is 1.